The third-order valence-corrected chi connectivity index (χ3v) is 2.39. The molecule has 0 unspecified atom stereocenters. The van der Waals surface area contributed by atoms with E-state index in [0.29, 0.717) is 23.5 Å². The monoisotopic (exact) mass is 294 g/mol. The normalized spacial score (nSPS) is 11.4. The van der Waals surface area contributed by atoms with Crippen LogP contribution in [0.25, 0.3) is 0 Å². The Labute approximate surface area is 115 Å². The molecule has 4 nitrogen and oxygen atoms in total. The number of methoxy groups -OCH3 is 1. The van der Waals surface area contributed by atoms with Gasteiger partial charge in [0.15, 0.2) is 0 Å². The fraction of sp³-hybridized carbons (Fsp3) is 0.538. The minimum Gasteiger partial charge on any atom is -0.497 e. The number of alkyl halides is 3. The Morgan fingerprint density at radius 1 is 1.20 bits per heavy atom. The van der Waals surface area contributed by atoms with E-state index in [0.717, 1.165) is 0 Å². The lowest BCUT2D eigenvalue weighted by molar-refractivity contribution is -0.174. The van der Waals surface area contributed by atoms with Gasteiger partial charge in [0.25, 0.3) is 0 Å². The molecule has 0 aromatic heterocycles. The molecule has 20 heavy (non-hydrogen) atoms. The molecule has 0 saturated heterocycles. The Morgan fingerprint density at radius 3 is 2.55 bits per heavy atom. The quantitative estimate of drug-likeness (QED) is 0.749. The third-order valence-electron chi connectivity index (χ3n) is 2.39. The predicted molar refractivity (Wildman–Crippen MR) is 65.9 cm³/mol. The van der Waals surface area contributed by atoms with Gasteiger partial charge < -0.3 is 19.3 Å². The fourth-order valence-electron chi connectivity index (χ4n) is 1.48. The molecule has 0 aliphatic rings. The topological polar surface area (TPSA) is 47.9 Å². The second kappa shape index (κ2) is 7.96. The van der Waals surface area contributed by atoms with Crippen LogP contribution in [0.5, 0.6) is 11.5 Å². The first kappa shape index (κ1) is 16.6. The maximum absolute atomic E-state index is 11.8. The minimum absolute atomic E-state index is 0.0376. The van der Waals surface area contributed by atoms with Crippen molar-refractivity contribution in [1.29, 1.82) is 0 Å². The van der Waals surface area contributed by atoms with E-state index in [2.05, 4.69) is 4.74 Å². The van der Waals surface area contributed by atoms with Crippen molar-refractivity contribution in [2.45, 2.75) is 19.2 Å². The van der Waals surface area contributed by atoms with Gasteiger partial charge in [0.2, 0.25) is 0 Å². The average Bonchev–Trinajstić information content (AvgIpc) is 2.41. The van der Waals surface area contributed by atoms with Crippen LogP contribution in [0, 0.1) is 0 Å². The highest BCUT2D eigenvalue weighted by Crippen LogP contribution is 2.24. The first-order chi connectivity index (χ1) is 9.46. The molecule has 0 atom stereocenters. The van der Waals surface area contributed by atoms with Crippen molar-refractivity contribution in [3.05, 3.63) is 23.8 Å². The maximum Gasteiger partial charge on any atom is 0.411 e. The van der Waals surface area contributed by atoms with Crippen molar-refractivity contribution < 1.29 is 32.5 Å². The molecule has 0 radical (unpaired) electrons. The molecule has 0 spiro atoms. The molecular weight excluding hydrogens is 277 g/mol. The average molecular weight is 294 g/mol. The summed E-state index contributed by atoms with van der Waals surface area (Å²) < 4.78 is 50.3. The van der Waals surface area contributed by atoms with Gasteiger partial charge in [-0.25, -0.2) is 0 Å². The molecule has 0 fully saturated rings. The molecule has 1 aromatic rings. The van der Waals surface area contributed by atoms with Crippen LogP contribution in [0.3, 0.4) is 0 Å². The van der Waals surface area contributed by atoms with Gasteiger partial charge in [-0.1, -0.05) is 0 Å². The summed E-state index contributed by atoms with van der Waals surface area (Å²) in [5.41, 5.74) is 0.556. The van der Waals surface area contributed by atoms with Gasteiger partial charge in [0.05, 0.1) is 26.9 Å². The van der Waals surface area contributed by atoms with Crippen LogP contribution in [0.4, 0.5) is 13.2 Å². The zero-order valence-corrected chi connectivity index (χ0v) is 11.1. The highest BCUT2D eigenvalue weighted by molar-refractivity contribution is 5.39. The van der Waals surface area contributed by atoms with E-state index >= 15 is 0 Å². The SMILES string of the molecule is COc1ccc(OCCCOCC(F)(F)F)c(CO)c1. The van der Waals surface area contributed by atoms with Crippen molar-refractivity contribution in [2.75, 3.05) is 26.9 Å². The van der Waals surface area contributed by atoms with E-state index in [1.54, 1.807) is 18.2 Å². The maximum atomic E-state index is 11.8. The van der Waals surface area contributed by atoms with Crippen LogP contribution in [0.15, 0.2) is 18.2 Å². The van der Waals surface area contributed by atoms with Gasteiger partial charge >= 0.3 is 6.18 Å². The molecule has 1 aromatic carbocycles. The number of halogens is 3. The zero-order valence-electron chi connectivity index (χ0n) is 11.1. The Hall–Kier alpha value is -1.47. The summed E-state index contributed by atoms with van der Waals surface area (Å²) in [4.78, 5) is 0. The zero-order chi connectivity index (χ0) is 15.0. The van der Waals surface area contributed by atoms with Crippen LogP contribution >= 0.6 is 0 Å². The molecule has 0 amide bonds. The number of hydrogen-bond acceptors (Lipinski definition) is 4. The number of hydrogen-bond donors (Lipinski definition) is 1. The Kier molecular flexibility index (Phi) is 6.60. The largest absolute Gasteiger partial charge is 0.497 e. The molecule has 0 aliphatic heterocycles. The number of aliphatic hydroxyl groups excluding tert-OH is 1. The van der Waals surface area contributed by atoms with E-state index < -0.39 is 12.8 Å². The van der Waals surface area contributed by atoms with Crippen molar-refractivity contribution in [1.82, 2.24) is 0 Å². The second-order valence-corrected chi connectivity index (χ2v) is 4.00. The van der Waals surface area contributed by atoms with Crippen molar-refractivity contribution >= 4 is 0 Å². The summed E-state index contributed by atoms with van der Waals surface area (Å²) in [6.45, 7) is -1.30. The van der Waals surface area contributed by atoms with Crippen LogP contribution in [0.2, 0.25) is 0 Å². The Morgan fingerprint density at radius 2 is 1.95 bits per heavy atom. The van der Waals surface area contributed by atoms with Gasteiger partial charge in [-0.2, -0.15) is 13.2 Å². The smallest absolute Gasteiger partial charge is 0.411 e. The number of benzene rings is 1. The summed E-state index contributed by atoms with van der Waals surface area (Å²) in [6, 6.07) is 4.95. The molecular formula is C13H17F3O4. The van der Waals surface area contributed by atoms with Crippen LogP contribution in [-0.4, -0.2) is 38.2 Å². The molecule has 0 heterocycles. The Balaban J connectivity index is 2.31. The highest BCUT2D eigenvalue weighted by Gasteiger charge is 2.27. The molecule has 1 N–H and O–H groups in total. The third kappa shape index (κ3) is 6.12. The number of ether oxygens (including phenoxy) is 3. The van der Waals surface area contributed by atoms with E-state index in [1.807, 2.05) is 0 Å². The molecule has 0 bridgehead atoms. The summed E-state index contributed by atoms with van der Waals surface area (Å²) in [6.07, 6.45) is -3.98. The molecule has 0 aliphatic carbocycles. The molecule has 1 rings (SSSR count). The standard InChI is InChI=1S/C13H17F3O4/c1-18-11-3-4-12(10(7-11)8-17)20-6-2-5-19-9-13(14,15)16/h3-4,7,17H,2,5-6,8-9H2,1H3. The highest BCUT2D eigenvalue weighted by atomic mass is 19.4. The van der Waals surface area contributed by atoms with Gasteiger partial charge in [-0.3, -0.25) is 0 Å². The van der Waals surface area contributed by atoms with Crippen LogP contribution < -0.4 is 9.47 Å². The predicted octanol–water partition coefficient (Wildman–Crippen LogP) is 2.54. The van der Waals surface area contributed by atoms with Gasteiger partial charge in [-0.15, -0.1) is 0 Å². The summed E-state index contributed by atoms with van der Waals surface area (Å²) >= 11 is 0. The van der Waals surface area contributed by atoms with Crippen molar-refractivity contribution in [3.63, 3.8) is 0 Å². The van der Waals surface area contributed by atoms with Crippen LogP contribution in [0.1, 0.15) is 12.0 Å². The van der Waals surface area contributed by atoms with Crippen molar-refractivity contribution in [3.8, 4) is 11.5 Å². The summed E-state index contributed by atoms with van der Waals surface area (Å²) in [5.74, 6) is 1.07. The van der Waals surface area contributed by atoms with E-state index in [9.17, 15) is 18.3 Å². The molecule has 7 heteroatoms. The molecule has 114 valence electrons. The summed E-state index contributed by atoms with van der Waals surface area (Å²) in [7, 11) is 1.51. The lowest BCUT2D eigenvalue weighted by Crippen LogP contribution is -2.18. The number of aliphatic hydroxyl groups is 1. The summed E-state index contributed by atoms with van der Waals surface area (Å²) in [5, 5.41) is 9.18. The minimum atomic E-state index is -4.30. The van der Waals surface area contributed by atoms with Crippen molar-refractivity contribution in [2.24, 2.45) is 0 Å². The van der Waals surface area contributed by atoms with E-state index in [4.69, 9.17) is 9.47 Å². The number of rotatable bonds is 8. The van der Waals surface area contributed by atoms with Gasteiger partial charge in [0, 0.05) is 12.0 Å². The van der Waals surface area contributed by atoms with Gasteiger partial charge in [0.1, 0.15) is 18.1 Å². The first-order valence-electron chi connectivity index (χ1n) is 6.01. The van der Waals surface area contributed by atoms with Gasteiger partial charge in [-0.05, 0) is 18.2 Å². The van der Waals surface area contributed by atoms with E-state index in [-0.39, 0.29) is 19.8 Å². The van der Waals surface area contributed by atoms with E-state index in [1.165, 1.54) is 7.11 Å². The first-order valence-corrected chi connectivity index (χ1v) is 6.01. The Bertz CT molecular complexity index is 407. The fourth-order valence-corrected chi connectivity index (χ4v) is 1.48. The lowest BCUT2D eigenvalue weighted by Gasteiger charge is -2.12. The van der Waals surface area contributed by atoms with Crippen LogP contribution in [-0.2, 0) is 11.3 Å². The second-order valence-electron chi connectivity index (χ2n) is 4.00. The lowest BCUT2D eigenvalue weighted by atomic mass is 10.2. The molecule has 0 saturated carbocycles.